The van der Waals surface area contributed by atoms with E-state index in [1.807, 2.05) is 13.0 Å². The van der Waals surface area contributed by atoms with E-state index in [0.29, 0.717) is 17.0 Å². The van der Waals surface area contributed by atoms with E-state index in [1.165, 1.54) is 12.8 Å². The maximum atomic E-state index is 12.1. The lowest BCUT2D eigenvalue weighted by Crippen LogP contribution is -2.18. The van der Waals surface area contributed by atoms with Gasteiger partial charge in [0, 0.05) is 0 Å². The molecule has 1 unspecified atom stereocenters. The Morgan fingerprint density at radius 2 is 1.71 bits per heavy atom. The van der Waals surface area contributed by atoms with Crippen molar-refractivity contribution in [1.82, 2.24) is 0 Å². The first-order valence-corrected chi connectivity index (χ1v) is 7.85. The van der Waals surface area contributed by atoms with Gasteiger partial charge in [-0.25, -0.2) is 4.79 Å². The van der Waals surface area contributed by atoms with Crippen molar-refractivity contribution in [2.75, 3.05) is 0 Å². The zero-order valence-corrected chi connectivity index (χ0v) is 13.3. The summed E-state index contributed by atoms with van der Waals surface area (Å²) in [6, 6.07) is 8.61. The van der Waals surface area contributed by atoms with Gasteiger partial charge < -0.3 is 4.74 Å². The third-order valence-electron chi connectivity index (χ3n) is 4.03. The predicted octanol–water partition coefficient (Wildman–Crippen LogP) is 4.71. The summed E-state index contributed by atoms with van der Waals surface area (Å²) in [7, 11) is 0. The van der Waals surface area contributed by atoms with E-state index < -0.39 is 0 Å². The van der Waals surface area contributed by atoms with Crippen LogP contribution in [0.1, 0.15) is 68.8 Å². The van der Waals surface area contributed by atoms with Gasteiger partial charge in [0.25, 0.3) is 0 Å². The van der Waals surface area contributed by atoms with Gasteiger partial charge in [-0.05, 0) is 49.4 Å². The standard InChI is InChI=1S/C18H25NO2/c1-4-14(5-2)9-12-17(6-3)21-18(20)16-10-7-15(13-19)8-11-16/h7-8,10-11,14,17H,4-6,9,12H2,1-3H3. The number of ether oxygens (including phenoxy) is 1. The van der Waals surface area contributed by atoms with Gasteiger partial charge in [0.05, 0.1) is 17.2 Å². The van der Waals surface area contributed by atoms with E-state index in [1.54, 1.807) is 24.3 Å². The molecule has 0 aliphatic rings. The molecule has 0 aliphatic carbocycles. The van der Waals surface area contributed by atoms with Crippen molar-refractivity contribution >= 4 is 5.97 Å². The topological polar surface area (TPSA) is 50.1 Å². The fourth-order valence-corrected chi connectivity index (χ4v) is 2.37. The Kier molecular flexibility index (Phi) is 7.53. The number of rotatable bonds is 8. The number of hydrogen-bond acceptors (Lipinski definition) is 3. The van der Waals surface area contributed by atoms with E-state index in [-0.39, 0.29) is 12.1 Å². The summed E-state index contributed by atoms with van der Waals surface area (Å²) < 4.78 is 5.58. The highest BCUT2D eigenvalue weighted by molar-refractivity contribution is 5.89. The zero-order chi connectivity index (χ0) is 15.7. The molecule has 0 amide bonds. The van der Waals surface area contributed by atoms with Crippen molar-refractivity contribution in [2.45, 2.75) is 59.0 Å². The van der Waals surface area contributed by atoms with Crippen LogP contribution < -0.4 is 0 Å². The highest BCUT2D eigenvalue weighted by Crippen LogP contribution is 2.19. The van der Waals surface area contributed by atoms with Crippen LogP contribution in [0.25, 0.3) is 0 Å². The van der Waals surface area contributed by atoms with Crippen LogP contribution in [0.4, 0.5) is 0 Å². The van der Waals surface area contributed by atoms with E-state index in [2.05, 4.69) is 13.8 Å². The minimum Gasteiger partial charge on any atom is -0.459 e. The molecular formula is C18H25NO2. The maximum Gasteiger partial charge on any atom is 0.338 e. The molecule has 0 heterocycles. The number of esters is 1. The van der Waals surface area contributed by atoms with Crippen LogP contribution in [-0.2, 0) is 4.74 Å². The second-order valence-electron chi connectivity index (χ2n) is 5.38. The Balaban J connectivity index is 2.55. The van der Waals surface area contributed by atoms with Crippen LogP contribution >= 0.6 is 0 Å². The lowest BCUT2D eigenvalue weighted by molar-refractivity contribution is 0.0257. The molecule has 21 heavy (non-hydrogen) atoms. The molecule has 0 radical (unpaired) electrons. The molecular weight excluding hydrogens is 262 g/mol. The van der Waals surface area contributed by atoms with Gasteiger partial charge in [0.1, 0.15) is 6.10 Å². The van der Waals surface area contributed by atoms with Gasteiger partial charge in [0.2, 0.25) is 0 Å². The van der Waals surface area contributed by atoms with Crippen molar-refractivity contribution in [2.24, 2.45) is 5.92 Å². The minimum atomic E-state index is -0.295. The van der Waals surface area contributed by atoms with Crippen LogP contribution in [0.5, 0.6) is 0 Å². The van der Waals surface area contributed by atoms with Gasteiger partial charge in [0.15, 0.2) is 0 Å². The summed E-state index contributed by atoms with van der Waals surface area (Å²) in [4.78, 5) is 12.1. The maximum absolute atomic E-state index is 12.1. The quantitative estimate of drug-likeness (QED) is 0.650. The van der Waals surface area contributed by atoms with Crippen molar-refractivity contribution in [1.29, 1.82) is 5.26 Å². The van der Waals surface area contributed by atoms with E-state index >= 15 is 0 Å². The molecule has 3 nitrogen and oxygen atoms in total. The molecule has 0 N–H and O–H groups in total. The van der Waals surface area contributed by atoms with Gasteiger partial charge in [-0.15, -0.1) is 0 Å². The Morgan fingerprint density at radius 3 is 2.19 bits per heavy atom. The normalized spacial score (nSPS) is 12.0. The first kappa shape index (κ1) is 17.2. The fourth-order valence-electron chi connectivity index (χ4n) is 2.37. The average Bonchev–Trinajstić information content (AvgIpc) is 2.54. The Hall–Kier alpha value is -1.82. The summed E-state index contributed by atoms with van der Waals surface area (Å²) in [6.07, 6.45) is 5.19. The summed E-state index contributed by atoms with van der Waals surface area (Å²) in [5, 5.41) is 8.75. The highest BCUT2D eigenvalue weighted by Gasteiger charge is 2.16. The molecule has 1 atom stereocenters. The van der Waals surface area contributed by atoms with Gasteiger partial charge >= 0.3 is 5.97 Å². The molecule has 0 saturated heterocycles. The predicted molar refractivity (Wildman–Crippen MR) is 84.0 cm³/mol. The SMILES string of the molecule is CCC(CC)CCC(CC)OC(=O)c1ccc(C#N)cc1. The van der Waals surface area contributed by atoms with Gasteiger partial charge in [-0.2, -0.15) is 5.26 Å². The van der Waals surface area contributed by atoms with E-state index in [4.69, 9.17) is 10.00 Å². The van der Waals surface area contributed by atoms with E-state index in [9.17, 15) is 4.79 Å². The third kappa shape index (κ3) is 5.59. The largest absolute Gasteiger partial charge is 0.459 e. The fraction of sp³-hybridized carbons (Fsp3) is 0.556. The molecule has 0 saturated carbocycles. The minimum absolute atomic E-state index is 0.0197. The van der Waals surface area contributed by atoms with Crippen molar-refractivity contribution < 1.29 is 9.53 Å². The number of carbonyl (C=O) groups is 1. The highest BCUT2D eigenvalue weighted by atomic mass is 16.5. The number of carbonyl (C=O) groups excluding carboxylic acids is 1. The second kappa shape index (κ2) is 9.18. The molecule has 114 valence electrons. The van der Waals surface area contributed by atoms with Crippen molar-refractivity contribution in [3.63, 3.8) is 0 Å². The molecule has 1 rings (SSSR count). The van der Waals surface area contributed by atoms with Crippen LogP contribution in [0.2, 0.25) is 0 Å². The summed E-state index contributed by atoms with van der Waals surface area (Å²) in [5.41, 5.74) is 1.06. The van der Waals surface area contributed by atoms with Crippen LogP contribution in [0, 0.1) is 17.2 Å². The Morgan fingerprint density at radius 1 is 1.10 bits per heavy atom. The zero-order valence-electron chi connectivity index (χ0n) is 13.3. The monoisotopic (exact) mass is 287 g/mol. The smallest absolute Gasteiger partial charge is 0.338 e. The van der Waals surface area contributed by atoms with Crippen LogP contribution in [0.15, 0.2) is 24.3 Å². The molecule has 0 bridgehead atoms. The van der Waals surface area contributed by atoms with Crippen molar-refractivity contribution in [3.05, 3.63) is 35.4 Å². The molecule has 1 aromatic rings. The molecule has 0 fully saturated rings. The Labute approximate surface area is 127 Å². The number of benzene rings is 1. The molecule has 0 spiro atoms. The molecule has 1 aromatic carbocycles. The third-order valence-corrected chi connectivity index (χ3v) is 4.03. The first-order valence-electron chi connectivity index (χ1n) is 7.85. The van der Waals surface area contributed by atoms with E-state index in [0.717, 1.165) is 19.3 Å². The number of nitrogens with zero attached hydrogens (tertiary/aromatic N) is 1. The number of hydrogen-bond donors (Lipinski definition) is 0. The van der Waals surface area contributed by atoms with Crippen molar-refractivity contribution in [3.8, 4) is 6.07 Å². The van der Waals surface area contributed by atoms with Gasteiger partial charge in [-0.3, -0.25) is 0 Å². The summed E-state index contributed by atoms with van der Waals surface area (Å²) in [5.74, 6) is 0.420. The first-order chi connectivity index (χ1) is 10.1. The van der Waals surface area contributed by atoms with Crippen LogP contribution in [0.3, 0.4) is 0 Å². The lowest BCUT2D eigenvalue weighted by atomic mass is 9.95. The lowest BCUT2D eigenvalue weighted by Gasteiger charge is -2.19. The Bertz CT molecular complexity index is 469. The average molecular weight is 287 g/mol. The second-order valence-corrected chi connectivity index (χ2v) is 5.38. The molecule has 0 aliphatic heterocycles. The van der Waals surface area contributed by atoms with Gasteiger partial charge in [-0.1, -0.05) is 33.6 Å². The van der Waals surface area contributed by atoms with Crippen LogP contribution in [-0.4, -0.2) is 12.1 Å². The summed E-state index contributed by atoms with van der Waals surface area (Å²) >= 11 is 0. The molecule has 3 heteroatoms. The molecule has 0 aromatic heterocycles. The number of nitriles is 1. The summed E-state index contributed by atoms with van der Waals surface area (Å²) in [6.45, 7) is 6.46.